The van der Waals surface area contributed by atoms with Crippen molar-refractivity contribution in [1.29, 1.82) is 0 Å². The maximum atomic E-state index is 12.3. The quantitative estimate of drug-likeness (QED) is 0.674. The van der Waals surface area contributed by atoms with E-state index in [1.165, 1.54) is 12.1 Å². The van der Waals surface area contributed by atoms with Crippen molar-refractivity contribution >= 4 is 21.9 Å². The number of aryl methyl sites for hydroxylation is 1. The highest BCUT2D eigenvalue weighted by Crippen LogP contribution is 2.13. The fraction of sp³-hybridized carbons (Fsp3) is 0.429. The Bertz CT molecular complexity index is 638. The third-order valence-corrected chi connectivity index (χ3v) is 4.43. The van der Waals surface area contributed by atoms with Crippen LogP contribution in [0.5, 0.6) is 0 Å². The normalized spacial score (nSPS) is 12.9. The van der Waals surface area contributed by atoms with Crippen LogP contribution >= 0.6 is 0 Å². The molecule has 1 aromatic rings. The highest BCUT2D eigenvalue weighted by Gasteiger charge is 2.28. The smallest absolute Gasteiger partial charge is 0.322 e. The number of sulfonamides is 1. The summed E-state index contributed by atoms with van der Waals surface area (Å²) in [5, 5.41) is 10.7. The number of rotatable bonds is 7. The topological polar surface area (TPSA) is 113 Å². The Hall–Kier alpha value is -1.93. The van der Waals surface area contributed by atoms with Gasteiger partial charge in [0.2, 0.25) is 15.9 Å². The summed E-state index contributed by atoms with van der Waals surface area (Å²) in [6, 6.07) is 5.16. The van der Waals surface area contributed by atoms with Gasteiger partial charge in [0.25, 0.3) is 0 Å². The first-order chi connectivity index (χ1) is 10.1. The van der Waals surface area contributed by atoms with Crippen molar-refractivity contribution in [1.82, 2.24) is 10.0 Å². The zero-order valence-electron chi connectivity index (χ0n) is 12.7. The first-order valence-corrected chi connectivity index (χ1v) is 8.20. The second-order valence-electron chi connectivity index (χ2n) is 5.27. The Morgan fingerprint density at radius 3 is 2.18 bits per heavy atom. The number of amides is 1. The summed E-state index contributed by atoms with van der Waals surface area (Å²) in [6.45, 7) is 4.61. The Morgan fingerprint density at radius 1 is 1.18 bits per heavy atom. The molecule has 0 aliphatic rings. The largest absolute Gasteiger partial charge is 0.480 e. The second kappa shape index (κ2) is 7.37. The SMILES string of the molecule is Cc1ccc(S(=O)(=O)N[C@H](C(=O)NCC(=O)O)C(C)C)cc1. The van der Waals surface area contributed by atoms with Gasteiger partial charge >= 0.3 is 5.97 Å². The van der Waals surface area contributed by atoms with Gasteiger partial charge in [-0.05, 0) is 25.0 Å². The van der Waals surface area contributed by atoms with Gasteiger partial charge in [-0.3, -0.25) is 9.59 Å². The lowest BCUT2D eigenvalue weighted by molar-refractivity contribution is -0.138. The zero-order valence-corrected chi connectivity index (χ0v) is 13.5. The fourth-order valence-electron chi connectivity index (χ4n) is 1.72. The molecule has 22 heavy (non-hydrogen) atoms. The number of carbonyl (C=O) groups is 2. The van der Waals surface area contributed by atoms with Crippen LogP contribution in [0.1, 0.15) is 19.4 Å². The number of aliphatic carboxylic acids is 1. The van der Waals surface area contributed by atoms with Gasteiger partial charge in [-0.1, -0.05) is 31.5 Å². The van der Waals surface area contributed by atoms with Crippen molar-refractivity contribution in [3.05, 3.63) is 29.8 Å². The molecule has 7 nitrogen and oxygen atoms in total. The van der Waals surface area contributed by atoms with E-state index in [1.807, 2.05) is 6.92 Å². The highest BCUT2D eigenvalue weighted by atomic mass is 32.2. The van der Waals surface area contributed by atoms with Gasteiger partial charge in [0, 0.05) is 0 Å². The number of hydrogen-bond acceptors (Lipinski definition) is 4. The molecule has 0 aliphatic heterocycles. The van der Waals surface area contributed by atoms with Gasteiger partial charge in [0.05, 0.1) is 4.90 Å². The molecular weight excluding hydrogens is 308 g/mol. The van der Waals surface area contributed by atoms with Gasteiger partial charge < -0.3 is 10.4 Å². The summed E-state index contributed by atoms with van der Waals surface area (Å²) in [7, 11) is -3.86. The van der Waals surface area contributed by atoms with Crippen LogP contribution in [0.3, 0.4) is 0 Å². The van der Waals surface area contributed by atoms with Crippen molar-refractivity contribution in [2.75, 3.05) is 6.54 Å². The van der Waals surface area contributed by atoms with Crippen LogP contribution in [0.2, 0.25) is 0 Å². The van der Waals surface area contributed by atoms with Crippen LogP contribution in [0.4, 0.5) is 0 Å². The first-order valence-electron chi connectivity index (χ1n) is 6.72. The number of hydrogen-bond donors (Lipinski definition) is 3. The summed E-state index contributed by atoms with van der Waals surface area (Å²) < 4.78 is 26.9. The van der Waals surface area contributed by atoms with Crippen LogP contribution in [0, 0.1) is 12.8 Å². The van der Waals surface area contributed by atoms with Crippen molar-refractivity contribution in [3.8, 4) is 0 Å². The monoisotopic (exact) mass is 328 g/mol. The van der Waals surface area contributed by atoms with Gasteiger partial charge in [-0.15, -0.1) is 0 Å². The maximum absolute atomic E-state index is 12.3. The molecule has 0 aromatic heterocycles. The molecular formula is C14H20N2O5S. The summed E-state index contributed by atoms with van der Waals surface area (Å²) >= 11 is 0. The molecule has 0 unspecified atom stereocenters. The van der Waals surface area contributed by atoms with E-state index in [4.69, 9.17) is 5.11 Å². The van der Waals surface area contributed by atoms with Crippen LogP contribution in [-0.2, 0) is 19.6 Å². The summed E-state index contributed by atoms with van der Waals surface area (Å²) in [4.78, 5) is 22.5. The molecule has 0 saturated heterocycles. The van der Waals surface area contributed by atoms with Gasteiger partial charge in [0.15, 0.2) is 0 Å². The highest BCUT2D eigenvalue weighted by molar-refractivity contribution is 7.89. The Balaban J connectivity index is 2.92. The summed E-state index contributed by atoms with van der Waals surface area (Å²) in [5.74, 6) is -2.21. The van der Waals surface area contributed by atoms with Crippen LogP contribution in [-0.4, -0.2) is 38.0 Å². The molecule has 0 spiro atoms. The number of benzene rings is 1. The number of carbonyl (C=O) groups excluding carboxylic acids is 1. The third-order valence-electron chi connectivity index (χ3n) is 2.98. The predicted octanol–water partition coefficient (Wildman–Crippen LogP) is 0.499. The molecule has 1 rings (SSSR count). The van der Waals surface area contributed by atoms with E-state index in [-0.39, 0.29) is 10.8 Å². The molecule has 0 saturated carbocycles. The predicted molar refractivity (Wildman–Crippen MR) is 80.8 cm³/mol. The van der Waals surface area contributed by atoms with Crippen LogP contribution < -0.4 is 10.0 Å². The van der Waals surface area contributed by atoms with E-state index in [0.29, 0.717) is 0 Å². The minimum atomic E-state index is -3.86. The molecule has 0 aliphatic carbocycles. The van der Waals surface area contributed by atoms with Crippen LogP contribution in [0.25, 0.3) is 0 Å². The first kappa shape index (κ1) is 18.1. The molecule has 8 heteroatoms. The van der Waals surface area contributed by atoms with E-state index in [1.54, 1.807) is 26.0 Å². The Morgan fingerprint density at radius 2 is 1.73 bits per heavy atom. The van der Waals surface area contributed by atoms with Gasteiger partial charge in [-0.2, -0.15) is 4.72 Å². The lowest BCUT2D eigenvalue weighted by Crippen LogP contribution is -2.50. The Labute approximate surface area is 129 Å². The second-order valence-corrected chi connectivity index (χ2v) is 6.98. The minimum absolute atomic E-state index is 0.0507. The van der Waals surface area contributed by atoms with E-state index in [0.717, 1.165) is 5.56 Å². The molecule has 1 atom stereocenters. The average Bonchev–Trinajstić information content (AvgIpc) is 2.42. The van der Waals surface area contributed by atoms with Crippen molar-refractivity contribution < 1.29 is 23.1 Å². The van der Waals surface area contributed by atoms with Gasteiger partial charge in [0.1, 0.15) is 12.6 Å². The van der Waals surface area contributed by atoms with Crippen molar-refractivity contribution in [2.24, 2.45) is 5.92 Å². The number of carboxylic acids is 1. The van der Waals surface area contributed by atoms with Gasteiger partial charge in [-0.25, -0.2) is 8.42 Å². The molecule has 3 N–H and O–H groups in total. The average molecular weight is 328 g/mol. The minimum Gasteiger partial charge on any atom is -0.480 e. The van der Waals surface area contributed by atoms with E-state index < -0.39 is 34.5 Å². The molecule has 122 valence electrons. The standard InChI is InChI=1S/C14H20N2O5S/c1-9(2)13(14(19)15-8-12(17)18)16-22(20,21)11-6-4-10(3)5-7-11/h4-7,9,13,16H,8H2,1-3H3,(H,15,19)(H,17,18)/t13-/m0/s1. The molecule has 0 fully saturated rings. The maximum Gasteiger partial charge on any atom is 0.322 e. The lowest BCUT2D eigenvalue weighted by Gasteiger charge is -2.21. The summed E-state index contributed by atoms with van der Waals surface area (Å²) in [6.07, 6.45) is 0. The third kappa shape index (κ3) is 5.12. The molecule has 0 radical (unpaired) electrons. The molecule has 1 aromatic carbocycles. The van der Waals surface area contributed by atoms with E-state index in [9.17, 15) is 18.0 Å². The zero-order chi connectivity index (χ0) is 16.9. The number of carboxylic acid groups (broad SMARTS) is 1. The fourth-order valence-corrected chi connectivity index (χ4v) is 3.06. The molecule has 0 heterocycles. The molecule has 0 bridgehead atoms. The van der Waals surface area contributed by atoms with Crippen molar-refractivity contribution in [3.63, 3.8) is 0 Å². The Kier molecular flexibility index (Phi) is 6.07. The number of nitrogens with one attached hydrogen (secondary N) is 2. The van der Waals surface area contributed by atoms with Crippen molar-refractivity contribution in [2.45, 2.75) is 31.7 Å². The lowest BCUT2D eigenvalue weighted by atomic mass is 10.1. The summed E-state index contributed by atoms with van der Waals surface area (Å²) in [5.41, 5.74) is 0.915. The van der Waals surface area contributed by atoms with E-state index in [2.05, 4.69) is 10.0 Å². The molecule has 1 amide bonds. The van der Waals surface area contributed by atoms with E-state index >= 15 is 0 Å². The van der Waals surface area contributed by atoms with Crippen LogP contribution in [0.15, 0.2) is 29.2 Å².